The van der Waals surface area contributed by atoms with Gasteiger partial charge in [-0.15, -0.1) is 0 Å². The standard InChI is InChI=1S/C21H16Cl3NO4/c1-2-25-18(29-11-12-4-3-5-14(22)8-12)10-17(26)19(21(27)28)20(25)13-6-7-15(23)16(24)9-13/h3-10H,2,11H2,1H3,(H,27,28). The predicted octanol–water partition coefficient (Wildman–Crippen LogP) is 5.77. The number of hydrogen-bond donors (Lipinski definition) is 1. The highest BCUT2D eigenvalue weighted by Gasteiger charge is 2.23. The average molecular weight is 453 g/mol. The molecule has 0 fully saturated rings. The molecule has 0 aliphatic heterocycles. The molecule has 29 heavy (non-hydrogen) atoms. The molecule has 0 amide bonds. The number of rotatable bonds is 6. The maximum atomic E-state index is 12.6. The second-order valence-corrected chi connectivity index (χ2v) is 7.42. The lowest BCUT2D eigenvalue weighted by Gasteiger charge is -2.20. The molecule has 3 aromatic rings. The zero-order valence-corrected chi connectivity index (χ0v) is 17.6. The van der Waals surface area contributed by atoms with E-state index in [1.54, 1.807) is 34.9 Å². The Bertz CT molecular complexity index is 1140. The average Bonchev–Trinajstić information content (AvgIpc) is 2.67. The van der Waals surface area contributed by atoms with E-state index in [4.69, 9.17) is 39.5 Å². The molecule has 2 aromatic carbocycles. The first-order valence-corrected chi connectivity index (χ1v) is 9.79. The summed E-state index contributed by atoms with van der Waals surface area (Å²) >= 11 is 18.1. The van der Waals surface area contributed by atoms with E-state index in [2.05, 4.69) is 0 Å². The quantitative estimate of drug-likeness (QED) is 0.515. The van der Waals surface area contributed by atoms with Crippen molar-refractivity contribution in [3.05, 3.63) is 84.9 Å². The molecule has 0 bridgehead atoms. The summed E-state index contributed by atoms with van der Waals surface area (Å²) in [5.41, 5.74) is 0.437. The molecular weight excluding hydrogens is 437 g/mol. The Hall–Kier alpha value is -2.47. The van der Waals surface area contributed by atoms with E-state index in [0.29, 0.717) is 22.2 Å². The highest BCUT2D eigenvalue weighted by atomic mass is 35.5. The van der Waals surface area contributed by atoms with Crippen molar-refractivity contribution < 1.29 is 14.6 Å². The number of pyridine rings is 1. The minimum Gasteiger partial charge on any atom is -0.477 e. The van der Waals surface area contributed by atoms with Crippen LogP contribution in [-0.4, -0.2) is 15.6 Å². The third kappa shape index (κ3) is 4.58. The molecule has 8 heteroatoms. The van der Waals surface area contributed by atoms with Gasteiger partial charge in [-0.25, -0.2) is 4.79 Å². The zero-order valence-electron chi connectivity index (χ0n) is 15.3. The summed E-state index contributed by atoms with van der Waals surface area (Å²) in [6.07, 6.45) is 0. The van der Waals surface area contributed by atoms with Gasteiger partial charge >= 0.3 is 5.97 Å². The zero-order chi connectivity index (χ0) is 21.1. The predicted molar refractivity (Wildman–Crippen MR) is 115 cm³/mol. The van der Waals surface area contributed by atoms with E-state index in [1.165, 1.54) is 12.1 Å². The number of halogens is 3. The molecule has 150 valence electrons. The second kappa shape index (κ2) is 8.91. The third-order valence-corrected chi connectivity index (χ3v) is 5.25. The van der Waals surface area contributed by atoms with Crippen LogP contribution in [0.25, 0.3) is 11.3 Å². The Morgan fingerprint density at radius 2 is 1.83 bits per heavy atom. The number of aromatic nitrogens is 1. The van der Waals surface area contributed by atoms with Crippen LogP contribution in [0.5, 0.6) is 5.88 Å². The number of hydrogen-bond acceptors (Lipinski definition) is 3. The van der Waals surface area contributed by atoms with E-state index in [1.807, 2.05) is 13.0 Å². The van der Waals surface area contributed by atoms with Crippen molar-refractivity contribution in [2.24, 2.45) is 0 Å². The van der Waals surface area contributed by atoms with Crippen LogP contribution in [0.4, 0.5) is 0 Å². The van der Waals surface area contributed by atoms with Gasteiger partial charge in [-0.05, 0) is 36.8 Å². The Balaban J connectivity index is 2.15. The molecule has 1 N–H and O–H groups in total. The lowest BCUT2D eigenvalue weighted by Crippen LogP contribution is -2.22. The molecule has 1 heterocycles. The summed E-state index contributed by atoms with van der Waals surface area (Å²) in [4.78, 5) is 24.4. The maximum absolute atomic E-state index is 12.6. The monoisotopic (exact) mass is 451 g/mol. The van der Waals surface area contributed by atoms with Crippen LogP contribution >= 0.6 is 34.8 Å². The third-order valence-electron chi connectivity index (χ3n) is 4.27. The van der Waals surface area contributed by atoms with Crippen LogP contribution in [0, 0.1) is 0 Å². The highest BCUT2D eigenvalue weighted by molar-refractivity contribution is 6.42. The summed E-state index contributed by atoms with van der Waals surface area (Å²) in [6.45, 7) is 2.34. The number of aromatic carboxylic acids is 1. The van der Waals surface area contributed by atoms with E-state index in [-0.39, 0.29) is 28.8 Å². The van der Waals surface area contributed by atoms with Crippen molar-refractivity contribution in [3.63, 3.8) is 0 Å². The number of ether oxygens (including phenoxy) is 1. The van der Waals surface area contributed by atoms with Gasteiger partial charge in [0.15, 0.2) is 5.88 Å². The van der Waals surface area contributed by atoms with Gasteiger partial charge in [-0.1, -0.05) is 53.0 Å². The minimum absolute atomic E-state index is 0.160. The molecular formula is C21H16Cl3NO4. The van der Waals surface area contributed by atoms with Gasteiger partial charge in [-0.3, -0.25) is 4.79 Å². The van der Waals surface area contributed by atoms with Gasteiger partial charge < -0.3 is 14.4 Å². The van der Waals surface area contributed by atoms with Crippen LogP contribution in [-0.2, 0) is 13.2 Å². The van der Waals surface area contributed by atoms with Crippen molar-refractivity contribution in [2.75, 3.05) is 0 Å². The Morgan fingerprint density at radius 3 is 2.45 bits per heavy atom. The van der Waals surface area contributed by atoms with Crippen molar-refractivity contribution >= 4 is 40.8 Å². The van der Waals surface area contributed by atoms with Gasteiger partial charge in [0.1, 0.15) is 12.2 Å². The van der Waals surface area contributed by atoms with E-state index in [0.717, 1.165) is 5.56 Å². The normalized spacial score (nSPS) is 10.8. The molecule has 0 unspecified atom stereocenters. The topological polar surface area (TPSA) is 68.5 Å². The molecule has 0 aliphatic rings. The van der Waals surface area contributed by atoms with Gasteiger partial charge in [0.2, 0.25) is 5.43 Å². The molecule has 0 atom stereocenters. The SMILES string of the molecule is CCn1c(OCc2cccc(Cl)c2)cc(=O)c(C(=O)O)c1-c1ccc(Cl)c(Cl)c1. The maximum Gasteiger partial charge on any atom is 0.341 e. The molecule has 3 rings (SSSR count). The smallest absolute Gasteiger partial charge is 0.341 e. The minimum atomic E-state index is -1.33. The first-order chi connectivity index (χ1) is 13.8. The molecule has 5 nitrogen and oxygen atoms in total. The fourth-order valence-corrected chi connectivity index (χ4v) is 3.50. The number of carbonyl (C=O) groups is 1. The highest BCUT2D eigenvalue weighted by Crippen LogP contribution is 2.32. The molecule has 0 aliphatic carbocycles. The van der Waals surface area contributed by atoms with Crippen LogP contribution < -0.4 is 10.2 Å². The molecule has 0 saturated carbocycles. The van der Waals surface area contributed by atoms with Crippen molar-refractivity contribution in [3.8, 4) is 17.1 Å². The summed E-state index contributed by atoms with van der Waals surface area (Å²) in [6, 6.07) is 13.0. The van der Waals surface area contributed by atoms with Gasteiger partial charge in [-0.2, -0.15) is 0 Å². The van der Waals surface area contributed by atoms with Gasteiger partial charge in [0.05, 0.1) is 15.7 Å². The second-order valence-electron chi connectivity index (χ2n) is 6.17. The van der Waals surface area contributed by atoms with E-state index in [9.17, 15) is 14.7 Å². The van der Waals surface area contributed by atoms with Gasteiger partial charge in [0.25, 0.3) is 0 Å². The van der Waals surface area contributed by atoms with E-state index < -0.39 is 11.4 Å². The summed E-state index contributed by atoms with van der Waals surface area (Å²) in [5, 5.41) is 10.8. The van der Waals surface area contributed by atoms with Crippen molar-refractivity contribution in [1.29, 1.82) is 0 Å². The number of carboxylic acids is 1. The first kappa shape index (κ1) is 21.2. The largest absolute Gasteiger partial charge is 0.477 e. The van der Waals surface area contributed by atoms with Crippen molar-refractivity contribution in [1.82, 2.24) is 4.57 Å². The lowest BCUT2D eigenvalue weighted by atomic mass is 10.0. The molecule has 0 radical (unpaired) electrons. The summed E-state index contributed by atoms with van der Waals surface area (Å²) < 4.78 is 7.47. The fraction of sp³-hybridized carbons (Fsp3) is 0.143. The number of benzene rings is 2. The van der Waals surface area contributed by atoms with Crippen LogP contribution in [0.1, 0.15) is 22.8 Å². The number of nitrogens with zero attached hydrogens (tertiary/aromatic N) is 1. The Labute approximate surface area is 182 Å². The van der Waals surface area contributed by atoms with Crippen LogP contribution in [0.15, 0.2) is 53.3 Å². The molecule has 0 saturated heterocycles. The van der Waals surface area contributed by atoms with Crippen LogP contribution in [0.3, 0.4) is 0 Å². The first-order valence-electron chi connectivity index (χ1n) is 8.65. The Morgan fingerprint density at radius 1 is 1.07 bits per heavy atom. The van der Waals surface area contributed by atoms with Crippen molar-refractivity contribution in [2.45, 2.75) is 20.1 Å². The molecule has 0 spiro atoms. The molecule has 1 aromatic heterocycles. The summed E-state index contributed by atoms with van der Waals surface area (Å²) in [7, 11) is 0. The Kier molecular flexibility index (Phi) is 6.52. The van der Waals surface area contributed by atoms with E-state index >= 15 is 0 Å². The summed E-state index contributed by atoms with van der Waals surface area (Å²) in [5.74, 6) is -1.09. The lowest BCUT2D eigenvalue weighted by molar-refractivity contribution is 0.0695. The number of carboxylic acid groups (broad SMARTS) is 1. The fourth-order valence-electron chi connectivity index (χ4n) is 2.99. The van der Waals surface area contributed by atoms with Crippen LogP contribution in [0.2, 0.25) is 15.1 Å². The van der Waals surface area contributed by atoms with Gasteiger partial charge in [0, 0.05) is 23.2 Å².